The first-order chi connectivity index (χ1) is 7.42. The molecule has 2 aromatic rings. The van der Waals surface area contributed by atoms with Gasteiger partial charge < -0.3 is 9.73 Å². The van der Waals surface area contributed by atoms with Crippen LogP contribution in [0.2, 0.25) is 0 Å². The van der Waals surface area contributed by atoms with Crippen LogP contribution < -0.4 is 5.32 Å². The summed E-state index contributed by atoms with van der Waals surface area (Å²) in [4.78, 5) is 4.47. The topological polar surface area (TPSA) is 38.1 Å². The Balaban J connectivity index is 1.84. The van der Waals surface area contributed by atoms with E-state index in [-0.39, 0.29) is 0 Å². The highest BCUT2D eigenvalue weighted by Gasteiger charge is 2.17. The minimum atomic E-state index is 0.554. The van der Waals surface area contributed by atoms with E-state index in [1.807, 2.05) is 24.3 Å². The Bertz CT molecular complexity index is 424. The van der Waals surface area contributed by atoms with Crippen LogP contribution in [0.3, 0.4) is 0 Å². The molecule has 0 aliphatic carbocycles. The van der Waals surface area contributed by atoms with E-state index in [0.29, 0.717) is 6.04 Å². The first-order valence-electron chi connectivity index (χ1n) is 5.50. The minimum Gasteiger partial charge on any atom is -0.441 e. The quantitative estimate of drug-likeness (QED) is 0.810. The van der Waals surface area contributed by atoms with Gasteiger partial charge in [-0.15, -0.1) is 0 Å². The van der Waals surface area contributed by atoms with Crippen LogP contribution in [0.4, 0.5) is 0 Å². The average Bonchev–Trinajstić information content (AvgIpc) is 2.86. The van der Waals surface area contributed by atoms with Crippen molar-refractivity contribution in [2.24, 2.45) is 0 Å². The molecule has 1 aromatic carbocycles. The molecule has 1 aliphatic heterocycles. The number of fused-ring (bicyclic) bond motifs is 1. The van der Waals surface area contributed by atoms with E-state index in [0.717, 1.165) is 30.0 Å². The van der Waals surface area contributed by atoms with Gasteiger partial charge in [0.05, 0.1) is 0 Å². The van der Waals surface area contributed by atoms with Crippen molar-refractivity contribution in [3.05, 3.63) is 30.2 Å². The summed E-state index contributed by atoms with van der Waals surface area (Å²) in [6, 6.07) is 8.48. The van der Waals surface area contributed by atoms with Crippen LogP contribution in [0.1, 0.15) is 18.7 Å². The first kappa shape index (κ1) is 8.92. The van der Waals surface area contributed by atoms with Crippen molar-refractivity contribution in [3.8, 4) is 0 Å². The predicted molar refractivity (Wildman–Crippen MR) is 58.7 cm³/mol. The number of rotatable bonds is 2. The van der Waals surface area contributed by atoms with E-state index in [1.165, 1.54) is 12.8 Å². The number of para-hydroxylation sites is 2. The monoisotopic (exact) mass is 202 g/mol. The molecule has 0 amide bonds. The summed E-state index contributed by atoms with van der Waals surface area (Å²) < 4.78 is 5.68. The van der Waals surface area contributed by atoms with Gasteiger partial charge in [0.1, 0.15) is 5.52 Å². The Hall–Kier alpha value is -1.35. The Labute approximate surface area is 88.5 Å². The lowest BCUT2D eigenvalue weighted by Crippen LogP contribution is -2.23. The number of nitrogens with one attached hydrogen (secondary N) is 1. The molecule has 3 rings (SSSR count). The number of aromatic nitrogens is 1. The summed E-state index contributed by atoms with van der Waals surface area (Å²) in [6.07, 6.45) is 3.41. The second-order valence-corrected chi connectivity index (χ2v) is 4.07. The van der Waals surface area contributed by atoms with E-state index < -0.39 is 0 Å². The van der Waals surface area contributed by atoms with Crippen molar-refractivity contribution in [2.75, 3.05) is 6.54 Å². The molecule has 1 N–H and O–H groups in total. The molecule has 3 heteroatoms. The molecule has 78 valence electrons. The van der Waals surface area contributed by atoms with Gasteiger partial charge in [-0.05, 0) is 31.5 Å². The van der Waals surface area contributed by atoms with Gasteiger partial charge >= 0.3 is 0 Å². The molecule has 1 saturated heterocycles. The number of hydrogen-bond donors (Lipinski definition) is 1. The van der Waals surface area contributed by atoms with Crippen LogP contribution in [0, 0.1) is 0 Å². The third-order valence-electron chi connectivity index (χ3n) is 2.92. The van der Waals surface area contributed by atoms with Gasteiger partial charge in [0.2, 0.25) is 0 Å². The van der Waals surface area contributed by atoms with Crippen LogP contribution >= 0.6 is 0 Å². The molecule has 0 spiro atoms. The van der Waals surface area contributed by atoms with E-state index in [2.05, 4.69) is 10.3 Å². The fourth-order valence-corrected chi connectivity index (χ4v) is 2.15. The van der Waals surface area contributed by atoms with Gasteiger partial charge in [0.25, 0.3) is 0 Å². The second-order valence-electron chi connectivity index (χ2n) is 4.07. The molecule has 1 unspecified atom stereocenters. The lowest BCUT2D eigenvalue weighted by Gasteiger charge is -2.05. The molecule has 0 bridgehead atoms. The number of benzene rings is 1. The summed E-state index contributed by atoms with van der Waals surface area (Å²) in [7, 11) is 0. The fourth-order valence-electron chi connectivity index (χ4n) is 2.15. The van der Waals surface area contributed by atoms with E-state index in [9.17, 15) is 0 Å². The summed E-state index contributed by atoms with van der Waals surface area (Å²) in [5.41, 5.74) is 1.86. The van der Waals surface area contributed by atoms with Gasteiger partial charge in [-0.1, -0.05) is 12.1 Å². The number of oxazole rings is 1. The van der Waals surface area contributed by atoms with Gasteiger partial charge in [-0.2, -0.15) is 0 Å². The third-order valence-corrected chi connectivity index (χ3v) is 2.92. The molecule has 2 heterocycles. The lowest BCUT2D eigenvalue weighted by molar-refractivity contribution is 0.478. The van der Waals surface area contributed by atoms with Crippen LogP contribution in [0.25, 0.3) is 11.1 Å². The maximum atomic E-state index is 5.68. The number of nitrogens with zero attached hydrogens (tertiary/aromatic N) is 1. The summed E-state index contributed by atoms with van der Waals surface area (Å²) >= 11 is 0. The van der Waals surface area contributed by atoms with Gasteiger partial charge in [0.15, 0.2) is 11.5 Å². The van der Waals surface area contributed by atoms with Crippen molar-refractivity contribution in [3.63, 3.8) is 0 Å². The maximum absolute atomic E-state index is 5.68. The highest BCUT2D eigenvalue weighted by molar-refractivity contribution is 5.72. The molecule has 0 radical (unpaired) electrons. The van der Waals surface area contributed by atoms with Crippen molar-refractivity contribution in [2.45, 2.75) is 25.3 Å². The normalized spacial score (nSPS) is 21.2. The summed E-state index contributed by atoms with van der Waals surface area (Å²) in [5, 5.41) is 3.45. The Morgan fingerprint density at radius 2 is 2.33 bits per heavy atom. The molecule has 1 fully saturated rings. The predicted octanol–water partition coefficient (Wildman–Crippen LogP) is 2.12. The zero-order valence-corrected chi connectivity index (χ0v) is 8.57. The third kappa shape index (κ3) is 1.75. The highest BCUT2D eigenvalue weighted by Crippen LogP contribution is 2.17. The smallest absolute Gasteiger partial charge is 0.197 e. The highest BCUT2D eigenvalue weighted by atomic mass is 16.3. The van der Waals surface area contributed by atoms with Crippen LogP contribution in [-0.4, -0.2) is 17.6 Å². The Kier molecular flexibility index (Phi) is 2.18. The largest absolute Gasteiger partial charge is 0.441 e. The molecule has 3 nitrogen and oxygen atoms in total. The average molecular weight is 202 g/mol. The maximum Gasteiger partial charge on any atom is 0.197 e. The van der Waals surface area contributed by atoms with E-state index >= 15 is 0 Å². The SMILES string of the molecule is c1ccc2oc(CC3CCCN3)nc2c1. The molecule has 1 atom stereocenters. The van der Waals surface area contributed by atoms with Crippen molar-refractivity contribution >= 4 is 11.1 Å². The summed E-state index contributed by atoms with van der Waals surface area (Å²) in [6.45, 7) is 1.13. The Morgan fingerprint density at radius 3 is 3.13 bits per heavy atom. The molecule has 15 heavy (non-hydrogen) atoms. The van der Waals surface area contributed by atoms with Crippen LogP contribution in [-0.2, 0) is 6.42 Å². The Morgan fingerprint density at radius 1 is 1.40 bits per heavy atom. The molecule has 0 saturated carbocycles. The molecular formula is C12H14N2O. The standard InChI is InChI=1S/C12H14N2O/c1-2-6-11-10(5-1)14-12(15-11)8-9-4-3-7-13-9/h1-2,5-6,9,13H,3-4,7-8H2. The lowest BCUT2D eigenvalue weighted by atomic mass is 10.2. The van der Waals surface area contributed by atoms with Gasteiger partial charge in [-0.3, -0.25) is 0 Å². The van der Waals surface area contributed by atoms with Crippen molar-refractivity contribution < 1.29 is 4.42 Å². The summed E-state index contributed by atoms with van der Waals surface area (Å²) in [5.74, 6) is 0.857. The first-order valence-corrected chi connectivity index (χ1v) is 5.50. The van der Waals surface area contributed by atoms with Crippen molar-refractivity contribution in [1.29, 1.82) is 0 Å². The zero-order chi connectivity index (χ0) is 10.1. The molecular weight excluding hydrogens is 188 g/mol. The van der Waals surface area contributed by atoms with Crippen molar-refractivity contribution in [1.82, 2.24) is 10.3 Å². The van der Waals surface area contributed by atoms with E-state index in [4.69, 9.17) is 4.42 Å². The van der Waals surface area contributed by atoms with Gasteiger partial charge in [0, 0.05) is 12.5 Å². The van der Waals surface area contributed by atoms with Crippen LogP contribution in [0.5, 0.6) is 0 Å². The van der Waals surface area contributed by atoms with Gasteiger partial charge in [-0.25, -0.2) is 4.98 Å². The minimum absolute atomic E-state index is 0.554. The second kappa shape index (κ2) is 3.66. The molecule has 1 aromatic heterocycles. The van der Waals surface area contributed by atoms with Crippen LogP contribution in [0.15, 0.2) is 28.7 Å². The van der Waals surface area contributed by atoms with E-state index in [1.54, 1.807) is 0 Å². The molecule has 1 aliphatic rings. The fraction of sp³-hybridized carbons (Fsp3) is 0.417. The zero-order valence-electron chi connectivity index (χ0n) is 8.57. The number of hydrogen-bond acceptors (Lipinski definition) is 3.